The maximum Gasteiger partial charge on any atom is 0.256 e. The number of piperidine rings is 1. The Hall–Kier alpha value is -2.83. The predicted octanol–water partition coefficient (Wildman–Crippen LogP) is 4.35. The molecule has 0 saturated carbocycles. The lowest BCUT2D eigenvalue weighted by molar-refractivity contribution is -0.129. The maximum absolute atomic E-state index is 13.6. The van der Waals surface area contributed by atoms with Gasteiger partial charge in [-0.25, -0.2) is 0 Å². The first-order chi connectivity index (χ1) is 15.8. The molecule has 1 spiro atoms. The van der Waals surface area contributed by atoms with Crippen LogP contribution in [0.1, 0.15) is 39.9 Å². The molecule has 6 nitrogen and oxygen atoms in total. The molecule has 3 heterocycles. The number of aromatic nitrogens is 1. The van der Waals surface area contributed by atoms with Crippen molar-refractivity contribution in [2.75, 3.05) is 27.2 Å². The van der Waals surface area contributed by atoms with Crippen LogP contribution in [0.15, 0.2) is 42.6 Å². The van der Waals surface area contributed by atoms with Gasteiger partial charge >= 0.3 is 0 Å². The van der Waals surface area contributed by atoms with Gasteiger partial charge in [-0.2, -0.15) is 0 Å². The van der Waals surface area contributed by atoms with Crippen molar-refractivity contribution in [2.24, 2.45) is 0 Å². The minimum Gasteiger partial charge on any atom is -0.365 e. The Morgan fingerprint density at radius 2 is 1.88 bits per heavy atom. The highest BCUT2D eigenvalue weighted by molar-refractivity contribution is 6.32. The Bertz CT molecular complexity index is 1260. The van der Waals surface area contributed by atoms with E-state index >= 15 is 0 Å². The average Bonchev–Trinajstić information content (AvgIpc) is 3.33. The number of nitrogens with zero attached hydrogens (tertiary/aromatic N) is 3. The number of aryl methyl sites for hydroxylation is 1. The van der Waals surface area contributed by atoms with E-state index in [9.17, 15) is 9.59 Å². The highest BCUT2D eigenvalue weighted by atomic mass is 35.5. The zero-order valence-corrected chi connectivity index (χ0v) is 20.0. The number of amides is 2. The fraction of sp³-hybridized carbons (Fsp3) is 0.385. The van der Waals surface area contributed by atoms with Crippen LogP contribution in [0, 0.1) is 6.92 Å². The van der Waals surface area contributed by atoms with Gasteiger partial charge in [-0.15, -0.1) is 0 Å². The molecule has 1 fully saturated rings. The van der Waals surface area contributed by atoms with Crippen LogP contribution in [-0.2, 0) is 28.3 Å². The lowest BCUT2D eigenvalue weighted by Gasteiger charge is -2.39. The Balaban J connectivity index is 1.43. The summed E-state index contributed by atoms with van der Waals surface area (Å²) < 4.78 is 8.09. The molecule has 172 valence electrons. The molecule has 0 unspecified atom stereocenters. The van der Waals surface area contributed by atoms with Crippen molar-refractivity contribution in [3.05, 3.63) is 69.9 Å². The van der Waals surface area contributed by atoms with Crippen molar-refractivity contribution >= 4 is 34.3 Å². The monoisotopic (exact) mass is 465 g/mol. The summed E-state index contributed by atoms with van der Waals surface area (Å²) in [6.07, 6.45) is 3.35. The van der Waals surface area contributed by atoms with Gasteiger partial charge < -0.3 is 19.1 Å². The van der Waals surface area contributed by atoms with Crippen molar-refractivity contribution in [2.45, 2.75) is 38.5 Å². The van der Waals surface area contributed by atoms with Crippen LogP contribution >= 0.6 is 11.6 Å². The van der Waals surface area contributed by atoms with Gasteiger partial charge in [0.1, 0.15) is 6.54 Å². The van der Waals surface area contributed by atoms with E-state index in [2.05, 4.69) is 18.2 Å². The Kier molecular flexibility index (Phi) is 5.46. The van der Waals surface area contributed by atoms with Crippen molar-refractivity contribution in [1.29, 1.82) is 0 Å². The maximum atomic E-state index is 13.6. The summed E-state index contributed by atoms with van der Waals surface area (Å²) in [4.78, 5) is 29.5. The summed E-state index contributed by atoms with van der Waals surface area (Å²) >= 11 is 6.39. The molecular formula is C26H28ClN3O3. The Morgan fingerprint density at radius 3 is 2.61 bits per heavy atom. The standard InChI is InChI=1S/C26H28ClN3O3/c1-17-12-19-20(14-30(15-24(31)28(2)3)23(19)13-22(17)27)25(32)29-10-8-26(9-11-29)21-7-5-4-6-18(21)16-33-26/h4-7,12-14H,8-11,15-16H2,1-3H3. The lowest BCUT2D eigenvalue weighted by atomic mass is 9.83. The molecule has 0 bridgehead atoms. The van der Waals surface area contributed by atoms with Crippen LogP contribution in [0.3, 0.4) is 0 Å². The first-order valence-corrected chi connectivity index (χ1v) is 11.7. The Labute approximate surface area is 198 Å². The number of hydrogen-bond acceptors (Lipinski definition) is 3. The SMILES string of the molecule is Cc1cc2c(C(=O)N3CCC4(CC3)OCc3ccccc34)cn(CC(=O)N(C)C)c2cc1Cl. The second-order valence-electron chi connectivity index (χ2n) is 9.31. The molecule has 0 aliphatic carbocycles. The molecule has 0 radical (unpaired) electrons. The smallest absolute Gasteiger partial charge is 0.256 e. The minimum absolute atomic E-state index is 0.0149. The molecule has 3 aromatic rings. The van der Waals surface area contributed by atoms with E-state index in [0.717, 1.165) is 29.3 Å². The van der Waals surface area contributed by atoms with Gasteiger partial charge in [0.2, 0.25) is 5.91 Å². The van der Waals surface area contributed by atoms with Gasteiger partial charge in [0.25, 0.3) is 5.91 Å². The van der Waals surface area contributed by atoms with Gasteiger partial charge in [-0.05, 0) is 48.6 Å². The molecule has 7 heteroatoms. The molecule has 2 amide bonds. The van der Waals surface area contributed by atoms with Crippen LogP contribution in [0.5, 0.6) is 0 Å². The number of rotatable bonds is 3. The Morgan fingerprint density at radius 1 is 1.15 bits per heavy atom. The summed E-state index contributed by atoms with van der Waals surface area (Å²) in [5.41, 5.74) is 4.54. The van der Waals surface area contributed by atoms with Gasteiger partial charge in [0.05, 0.1) is 23.3 Å². The molecule has 0 atom stereocenters. The zero-order chi connectivity index (χ0) is 23.3. The van der Waals surface area contributed by atoms with E-state index in [0.29, 0.717) is 30.3 Å². The van der Waals surface area contributed by atoms with E-state index in [1.807, 2.05) is 34.6 Å². The normalized spacial score (nSPS) is 16.9. The number of carbonyl (C=O) groups is 2. The fourth-order valence-electron chi connectivity index (χ4n) is 5.05. The number of benzene rings is 2. The molecule has 2 aromatic carbocycles. The number of ether oxygens (including phenoxy) is 1. The number of carbonyl (C=O) groups excluding carboxylic acids is 2. The second kappa shape index (κ2) is 8.19. The first-order valence-electron chi connectivity index (χ1n) is 11.3. The molecule has 5 rings (SSSR count). The van der Waals surface area contributed by atoms with E-state index in [-0.39, 0.29) is 24.0 Å². The van der Waals surface area contributed by atoms with Crippen molar-refractivity contribution in [3.8, 4) is 0 Å². The number of fused-ring (bicyclic) bond motifs is 3. The van der Waals surface area contributed by atoms with E-state index < -0.39 is 0 Å². The molecule has 33 heavy (non-hydrogen) atoms. The third-order valence-corrected chi connectivity index (χ3v) is 7.47. The van der Waals surface area contributed by atoms with Gasteiger partial charge in [0, 0.05) is 43.8 Å². The largest absolute Gasteiger partial charge is 0.365 e. The third-order valence-electron chi connectivity index (χ3n) is 7.07. The van der Waals surface area contributed by atoms with Crippen molar-refractivity contribution in [1.82, 2.24) is 14.4 Å². The first kappa shape index (κ1) is 22.0. The highest BCUT2D eigenvalue weighted by Gasteiger charge is 2.43. The quantitative estimate of drug-likeness (QED) is 0.577. The number of halogens is 1. The van der Waals surface area contributed by atoms with Gasteiger partial charge in [0.15, 0.2) is 0 Å². The number of hydrogen-bond donors (Lipinski definition) is 0. The van der Waals surface area contributed by atoms with Crippen LogP contribution in [-0.4, -0.2) is 53.4 Å². The molecule has 2 aliphatic rings. The summed E-state index contributed by atoms with van der Waals surface area (Å²) in [7, 11) is 3.45. The van der Waals surface area contributed by atoms with E-state index in [4.69, 9.17) is 16.3 Å². The van der Waals surface area contributed by atoms with Gasteiger partial charge in [-0.1, -0.05) is 35.9 Å². The predicted molar refractivity (Wildman–Crippen MR) is 128 cm³/mol. The molecule has 0 N–H and O–H groups in total. The van der Waals surface area contributed by atoms with Crippen LogP contribution in [0.25, 0.3) is 10.9 Å². The van der Waals surface area contributed by atoms with E-state index in [1.54, 1.807) is 25.2 Å². The molecular weight excluding hydrogens is 438 g/mol. The fourth-order valence-corrected chi connectivity index (χ4v) is 5.20. The summed E-state index contributed by atoms with van der Waals surface area (Å²) in [5.74, 6) is -0.0570. The summed E-state index contributed by atoms with van der Waals surface area (Å²) in [5, 5.41) is 1.45. The van der Waals surface area contributed by atoms with Crippen LogP contribution in [0.2, 0.25) is 5.02 Å². The second-order valence-corrected chi connectivity index (χ2v) is 9.72. The molecule has 1 saturated heterocycles. The van der Waals surface area contributed by atoms with Crippen LogP contribution < -0.4 is 0 Å². The highest BCUT2D eigenvalue weighted by Crippen LogP contribution is 2.44. The number of likely N-dealkylation sites (N-methyl/N-ethyl adjacent to an activating group) is 1. The summed E-state index contributed by atoms with van der Waals surface area (Å²) in [6, 6.07) is 12.2. The molecule has 2 aliphatic heterocycles. The lowest BCUT2D eigenvalue weighted by Crippen LogP contribution is -2.45. The summed E-state index contributed by atoms with van der Waals surface area (Å²) in [6.45, 7) is 3.98. The van der Waals surface area contributed by atoms with E-state index in [1.165, 1.54) is 11.1 Å². The zero-order valence-electron chi connectivity index (χ0n) is 19.2. The van der Waals surface area contributed by atoms with Crippen molar-refractivity contribution < 1.29 is 14.3 Å². The number of likely N-dealkylation sites (tertiary alicyclic amines) is 1. The average molecular weight is 466 g/mol. The van der Waals surface area contributed by atoms with Gasteiger partial charge in [-0.3, -0.25) is 9.59 Å². The topological polar surface area (TPSA) is 54.8 Å². The van der Waals surface area contributed by atoms with Crippen LogP contribution in [0.4, 0.5) is 0 Å². The third kappa shape index (κ3) is 3.71. The minimum atomic E-state index is -0.288. The molecule has 1 aromatic heterocycles. The van der Waals surface area contributed by atoms with Crippen molar-refractivity contribution in [3.63, 3.8) is 0 Å².